The molecule has 1 fully saturated rings. The molecule has 0 radical (unpaired) electrons. The van der Waals surface area contributed by atoms with Crippen LogP contribution in [0.4, 0.5) is 11.5 Å². The predicted octanol–water partition coefficient (Wildman–Crippen LogP) is 1.55. The molecule has 0 amide bonds. The fraction of sp³-hybridized carbons (Fsp3) is 0.538. The van der Waals surface area contributed by atoms with E-state index in [1.54, 1.807) is 13.1 Å². The molecule has 0 unspecified atom stereocenters. The first-order valence-electron chi connectivity index (χ1n) is 6.30. The number of hydrogen-bond donors (Lipinski definition) is 1. The van der Waals surface area contributed by atoms with Gasteiger partial charge in [-0.05, 0) is 13.8 Å². The van der Waals surface area contributed by atoms with E-state index in [0.29, 0.717) is 5.56 Å². The highest BCUT2D eigenvalue weighted by molar-refractivity contribution is 5.99. The molecule has 5 heteroatoms. The molecule has 98 valence electrons. The monoisotopic (exact) mass is 249 g/mol. The third-order valence-corrected chi connectivity index (χ3v) is 2.97. The van der Waals surface area contributed by atoms with Crippen LogP contribution in [0.15, 0.2) is 12.3 Å². The molecule has 2 rings (SSSR count). The first-order valence-corrected chi connectivity index (χ1v) is 6.30. The second kappa shape index (κ2) is 5.82. The van der Waals surface area contributed by atoms with E-state index in [2.05, 4.69) is 15.2 Å². The van der Waals surface area contributed by atoms with Gasteiger partial charge in [0.1, 0.15) is 5.82 Å². The maximum absolute atomic E-state index is 11.5. The van der Waals surface area contributed by atoms with Crippen LogP contribution >= 0.6 is 0 Å². The van der Waals surface area contributed by atoms with Crippen LogP contribution in [0.1, 0.15) is 24.2 Å². The number of nitrogens with zero attached hydrogens (tertiary/aromatic N) is 2. The summed E-state index contributed by atoms with van der Waals surface area (Å²) in [5.74, 6) is 0.936. The average molecular weight is 249 g/mol. The van der Waals surface area contributed by atoms with Crippen LogP contribution in [0.25, 0.3) is 0 Å². The Morgan fingerprint density at radius 2 is 2.22 bits per heavy atom. The molecule has 0 atom stereocenters. The quantitative estimate of drug-likeness (QED) is 0.821. The standard InChI is InChI=1S/C13H19N3O2/c1-3-14-12-8-13(15-9-11(12)10(2)17)16-4-6-18-7-5-16/h8-9H,3-7H2,1-2H3,(H,14,15). The molecule has 0 aromatic carbocycles. The molecule has 5 nitrogen and oxygen atoms in total. The summed E-state index contributed by atoms with van der Waals surface area (Å²) in [6, 6.07) is 1.95. The van der Waals surface area contributed by atoms with Crippen molar-refractivity contribution >= 4 is 17.3 Å². The van der Waals surface area contributed by atoms with Gasteiger partial charge in [0, 0.05) is 31.9 Å². The van der Waals surface area contributed by atoms with Gasteiger partial charge in [0.2, 0.25) is 0 Å². The van der Waals surface area contributed by atoms with E-state index in [1.807, 2.05) is 13.0 Å². The second-order valence-electron chi connectivity index (χ2n) is 4.27. The van der Waals surface area contributed by atoms with Gasteiger partial charge < -0.3 is 15.0 Å². The van der Waals surface area contributed by atoms with Gasteiger partial charge in [0.15, 0.2) is 5.78 Å². The van der Waals surface area contributed by atoms with Crippen molar-refractivity contribution < 1.29 is 9.53 Å². The minimum atomic E-state index is 0.0342. The lowest BCUT2D eigenvalue weighted by Gasteiger charge is -2.28. The zero-order chi connectivity index (χ0) is 13.0. The number of carbonyl (C=O) groups excluding carboxylic acids is 1. The van der Waals surface area contributed by atoms with E-state index in [9.17, 15) is 4.79 Å². The Labute approximate surface area is 107 Å². The molecule has 1 aliphatic heterocycles. The topological polar surface area (TPSA) is 54.5 Å². The molecule has 18 heavy (non-hydrogen) atoms. The van der Waals surface area contributed by atoms with Crippen LogP contribution in [0.5, 0.6) is 0 Å². The number of nitrogens with one attached hydrogen (secondary N) is 1. The van der Waals surface area contributed by atoms with Crippen molar-refractivity contribution in [2.24, 2.45) is 0 Å². The van der Waals surface area contributed by atoms with Crippen LogP contribution < -0.4 is 10.2 Å². The number of aromatic nitrogens is 1. The SMILES string of the molecule is CCNc1cc(N2CCOCC2)ncc1C(C)=O. The molecule has 2 heterocycles. The van der Waals surface area contributed by atoms with E-state index in [4.69, 9.17) is 4.74 Å². The lowest BCUT2D eigenvalue weighted by molar-refractivity contribution is 0.101. The highest BCUT2D eigenvalue weighted by atomic mass is 16.5. The van der Waals surface area contributed by atoms with E-state index in [0.717, 1.165) is 44.4 Å². The largest absolute Gasteiger partial charge is 0.385 e. The molecule has 0 spiro atoms. The minimum absolute atomic E-state index is 0.0342. The summed E-state index contributed by atoms with van der Waals surface area (Å²) in [6.07, 6.45) is 1.66. The van der Waals surface area contributed by atoms with Gasteiger partial charge in [-0.15, -0.1) is 0 Å². The Kier molecular flexibility index (Phi) is 4.15. The number of hydrogen-bond acceptors (Lipinski definition) is 5. The lowest BCUT2D eigenvalue weighted by Crippen LogP contribution is -2.36. The number of ether oxygens (including phenoxy) is 1. The number of morpholine rings is 1. The number of rotatable bonds is 4. The van der Waals surface area contributed by atoms with Crippen LogP contribution in [-0.2, 0) is 4.74 Å². The number of carbonyl (C=O) groups is 1. The van der Waals surface area contributed by atoms with Crippen LogP contribution in [0.2, 0.25) is 0 Å². The molecule has 1 aromatic heterocycles. The third-order valence-electron chi connectivity index (χ3n) is 2.97. The first kappa shape index (κ1) is 12.8. The van der Waals surface area contributed by atoms with E-state index in [-0.39, 0.29) is 5.78 Å². The summed E-state index contributed by atoms with van der Waals surface area (Å²) in [7, 11) is 0. The van der Waals surface area contributed by atoms with E-state index in [1.165, 1.54) is 0 Å². The fourth-order valence-electron chi connectivity index (χ4n) is 2.03. The first-order chi connectivity index (χ1) is 8.72. The van der Waals surface area contributed by atoms with Crippen molar-refractivity contribution in [3.8, 4) is 0 Å². The summed E-state index contributed by atoms with van der Waals surface area (Å²) in [6.45, 7) is 7.51. The lowest BCUT2D eigenvalue weighted by atomic mass is 10.1. The molecule has 1 aromatic rings. The maximum atomic E-state index is 11.5. The number of ketones is 1. The summed E-state index contributed by atoms with van der Waals surface area (Å²) in [5.41, 5.74) is 1.51. The van der Waals surface area contributed by atoms with Gasteiger partial charge in [0.25, 0.3) is 0 Å². The normalized spacial score (nSPS) is 15.6. The van der Waals surface area contributed by atoms with Crippen LogP contribution in [-0.4, -0.2) is 43.6 Å². The summed E-state index contributed by atoms with van der Waals surface area (Å²) in [4.78, 5) is 18.1. The number of pyridine rings is 1. The summed E-state index contributed by atoms with van der Waals surface area (Å²) in [5, 5.41) is 3.22. The third kappa shape index (κ3) is 2.79. The average Bonchev–Trinajstić information content (AvgIpc) is 2.40. The molecular formula is C13H19N3O2. The highest BCUT2D eigenvalue weighted by Gasteiger charge is 2.15. The molecule has 1 saturated heterocycles. The molecule has 0 aliphatic carbocycles. The van der Waals surface area contributed by atoms with E-state index < -0.39 is 0 Å². The van der Waals surface area contributed by atoms with Gasteiger partial charge in [-0.2, -0.15) is 0 Å². The van der Waals surface area contributed by atoms with Crippen molar-refractivity contribution in [1.82, 2.24) is 4.98 Å². The van der Waals surface area contributed by atoms with Crippen molar-refractivity contribution in [2.75, 3.05) is 43.1 Å². The van der Waals surface area contributed by atoms with Gasteiger partial charge >= 0.3 is 0 Å². The maximum Gasteiger partial charge on any atom is 0.163 e. The molecular weight excluding hydrogens is 230 g/mol. The van der Waals surface area contributed by atoms with Gasteiger partial charge in [-0.3, -0.25) is 4.79 Å². The second-order valence-corrected chi connectivity index (χ2v) is 4.27. The Balaban J connectivity index is 2.26. The number of Topliss-reactive ketones (excluding diaryl/α,β-unsaturated/α-hetero) is 1. The van der Waals surface area contributed by atoms with Gasteiger partial charge in [-0.1, -0.05) is 0 Å². The van der Waals surface area contributed by atoms with Crippen LogP contribution in [0, 0.1) is 0 Å². The smallest absolute Gasteiger partial charge is 0.163 e. The highest BCUT2D eigenvalue weighted by Crippen LogP contribution is 2.22. The van der Waals surface area contributed by atoms with Crippen LogP contribution in [0.3, 0.4) is 0 Å². The minimum Gasteiger partial charge on any atom is -0.385 e. The predicted molar refractivity (Wildman–Crippen MR) is 71.4 cm³/mol. The van der Waals surface area contributed by atoms with Crippen molar-refractivity contribution in [3.05, 3.63) is 17.8 Å². The molecule has 0 saturated carbocycles. The van der Waals surface area contributed by atoms with E-state index >= 15 is 0 Å². The Hall–Kier alpha value is -1.62. The van der Waals surface area contributed by atoms with Crippen molar-refractivity contribution in [3.63, 3.8) is 0 Å². The van der Waals surface area contributed by atoms with Crippen molar-refractivity contribution in [2.45, 2.75) is 13.8 Å². The number of anilines is 2. The summed E-state index contributed by atoms with van der Waals surface area (Å²) < 4.78 is 5.32. The Morgan fingerprint density at radius 1 is 1.50 bits per heavy atom. The summed E-state index contributed by atoms with van der Waals surface area (Å²) >= 11 is 0. The Bertz CT molecular complexity index is 428. The molecule has 0 bridgehead atoms. The van der Waals surface area contributed by atoms with Gasteiger partial charge in [0.05, 0.1) is 24.5 Å². The molecule has 1 N–H and O–H groups in total. The zero-order valence-electron chi connectivity index (χ0n) is 10.9. The molecule has 1 aliphatic rings. The Morgan fingerprint density at radius 3 is 2.83 bits per heavy atom. The van der Waals surface area contributed by atoms with Gasteiger partial charge in [-0.25, -0.2) is 4.98 Å². The van der Waals surface area contributed by atoms with Crippen molar-refractivity contribution in [1.29, 1.82) is 0 Å². The zero-order valence-corrected chi connectivity index (χ0v) is 10.9. The fourth-order valence-corrected chi connectivity index (χ4v) is 2.03.